The van der Waals surface area contributed by atoms with Crippen LogP contribution in [0.2, 0.25) is 5.02 Å². The molecule has 0 saturated heterocycles. The third-order valence-corrected chi connectivity index (χ3v) is 3.23. The number of rotatable bonds is 3. The first-order valence-corrected chi connectivity index (χ1v) is 6.82. The summed E-state index contributed by atoms with van der Waals surface area (Å²) >= 11 is 5.65. The number of aromatic amines is 1. The first-order valence-electron chi connectivity index (χ1n) is 6.44. The van der Waals surface area contributed by atoms with E-state index in [1.54, 1.807) is 12.1 Å². The highest BCUT2D eigenvalue weighted by molar-refractivity contribution is 6.31. The van der Waals surface area contributed by atoms with Gasteiger partial charge in [0.25, 0.3) is 5.91 Å². The fourth-order valence-electron chi connectivity index (χ4n) is 1.91. The molecule has 1 amide bonds. The van der Waals surface area contributed by atoms with Crippen molar-refractivity contribution in [2.75, 3.05) is 5.32 Å². The Balaban J connectivity index is 1.90. The minimum Gasteiger partial charge on any atom is -0.463 e. The van der Waals surface area contributed by atoms with Crippen molar-refractivity contribution < 1.29 is 13.6 Å². The molecule has 0 radical (unpaired) electrons. The normalized spacial score (nSPS) is 10.5. The number of amides is 1. The summed E-state index contributed by atoms with van der Waals surface area (Å²) < 4.78 is 18.3. The molecule has 0 saturated carbocycles. The van der Waals surface area contributed by atoms with Crippen LogP contribution in [0.5, 0.6) is 0 Å². The van der Waals surface area contributed by atoms with E-state index in [1.807, 2.05) is 0 Å². The van der Waals surface area contributed by atoms with Crippen LogP contribution in [0.3, 0.4) is 0 Å². The fourth-order valence-corrected chi connectivity index (χ4v) is 2.09. The van der Waals surface area contributed by atoms with E-state index < -0.39 is 17.4 Å². The van der Waals surface area contributed by atoms with Gasteiger partial charge in [-0.2, -0.15) is 4.98 Å². The van der Waals surface area contributed by atoms with Gasteiger partial charge in [-0.3, -0.25) is 4.79 Å². The highest BCUT2D eigenvalue weighted by atomic mass is 35.5. The van der Waals surface area contributed by atoms with E-state index in [2.05, 4.69) is 15.3 Å². The molecule has 116 valence electrons. The van der Waals surface area contributed by atoms with Gasteiger partial charge in [-0.1, -0.05) is 11.6 Å². The first-order chi connectivity index (χ1) is 11.0. The number of carbonyl (C=O) groups is 1. The van der Waals surface area contributed by atoms with Crippen LogP contribution in [0.25, 0.3) is 11.5 Å². The zero-order valence-electron chi connectivity index (χ0n) is 11.5. The highest BCUT2D eigenvalue weighted by Crippen LogP contribution is 2.20. The lowest BCUT2D eigenvalue weighted by Gasteiger charge is -2.06. The maximum absolute atomic E-state index is 13.1. The van der Waals surface area contributed by atoms with E-state index >= 15 is 0 Å². The van der Waals surface area contributed by atoms with E-state index in [0.717, 1.165) is 6.07 Å². The Morgan fingerprint density at radius 1 is 1.30 bits per heavy atom. The summed E-state index contributed by atoms with van der Waals surface area (Å²) in [5, 5.41) is 2.36. The predicted octanol–water partition coefficient (Wildman–Crippen LogP) is 3.07. The fraction of sp³-hybridized carbons (Fsp3) is 0. The minimum atomic E-state index is -0.693. The van der Waals surface area contributed by atoms with Crippen LogP contribution in [-0.2, 0) is 0 Å². The molecule has 0 bridgehead atoms. The zero-order valence-corrected chi connectivity index (χ0v) is 12.2. The second-order valence-electron chi connectivity index (χ2n) is 4.55. The molecule has 0 fully saturated rings. The smallest absolute Gasteiger partial charge is 0.346 e. The molecular weight excluding hydrogens is 325 g/mol. The SMILES string of the molecule is O=C(Nc1ccc(F)c(Cl)c1)c1cc(-c2ccco2)[nH]c(=O)n1. The molecule has 3 rings (SSSR count). The summed E-state index contributed by atoms with van der Waals surface area (Å²) in [6.07, 6.45) is 1.44. The summed E-state index contributed by atoms with van der Waals surface area (Å²) in [5.41, 5.74) is -0.206. The summed E-state index contributed by atoms with van der Waals surface area (Å²) in [4.78, 5) is 29.9. The van der Waals surface area contributed by atoms with Gasteiger partial charge >= 0.3 is 5.69 Å². The highest BCUT2D eigenvalue weighted by Gasteiger charge is 2.13. The quantitative estimate of drug-likeness (QED) is 0.771. The first kappa shape index (κ1) is 15.0. The minimum absolute atomic E-state index is 0.111. The van der Waals surface area contributed by atoms with Gasteiger partial charge in [-0.05, 0) is 36.4 Å². The molecular formula is C15H9ClFN3O3. The lowest BCUT2D eigenvalue weighted by molar-refractivity contribution is 0.102. The van der Waals surface area contributed by atoms with Crippen LogP contribution in [0, 0.1) is 5.82 Å². The van der Waals surface area contributed by atoms with Crippen molar-refractivity contribution in [1.82, 2.24) is 9.97 Å². The number of halogens is 2. The van der Waals surface area contributed by atoms with Gasteiger partial charge in [0.05, 0.1) is 17.0 Å². The van der Waals surface area contributed by atoms with Gasteiger partial charge in [0.2, 0.25) is 0 Å². The Labute approximate surface area is 133 Å². The maximum atomic E-state index is 13.1. The number of hydrogen-bond acceptors (Lipinski definition) is 4. The number of aromatic nitrogens is 2. The van der Waals surface area contributed by atoms with Crippen LogP contribution >= 0.6 is 11.6 Å². The van der Waals surface area contributed by atoms with E-state index in [9.17, 15) is 14.0 Å². The number of nitrogens with one attached hydrogen (secondary N) is 2. The van der Waals surface area contributed by atoms with E-state index in [4.69, 9.17) is 16.0 Å². The average molecular weight is 334 g/mol. The Hall–Kier alpha value is -2.93. The summed E-state index contributed by atoms with van der Waals surface area (Å²) in [6.45, 7) is 0. The second-order valence-corrected chi connectivity index (χ2v) is 4.95. The summed E-state index contributed by atoms with van der Waals surface area (Å²) in [5.74, 6) is -0.839. The molecule has 2 heterocycles. The third-order valence-electron chi connectivity index (χ3n) is 2.94. The van der Waals surface area contributed by atoms with Gasteiger partial charge in [-0.15, -0.1) is 0 Å². The Morgan fingerprint density at radius 3 is 2.83 bits per heavy atom. The Kier molecular flexibility index (Phi) is 3.94. The number of carbonyl (C=O) groups excluding carboxylic acids is 1. The molecule has 1 aromatic carbocycles. The number of nitrogens with zero attached hydrogens (tertiary/aromatic N) is 1. The van der Waals surface area contributed by atoms with E-state index in [0.29, 0.717) is 11.5 Å². The van der Waals surface area contributed by atoms with Gasteiger partial charge in [0.15, 0.2) is 0 Å². The van der Waals surface area contributed by atoms with E-state index in [1.165, 1.54) is 24.5 Å². The molecule has 3 aromatic rings. The monoisotopic (exact) mass is 333 g/mol. The van der Waals surface area contributed by atoms with Crippen LogP contribution < -0.4 is 11.0 Å². The van der Waals surface area contributed by atoms with Crippen molar-refractivity contribution in [3.05, 3.63) is 69.7 Å². The van der Waals surface area contributed by atoms with Gasteiger partial charge in [0, 0.05) is 5.69 Å². The Morgan fingerprint density at radius 2 is 2.13 bits per heavy atom. The molecule has 8 heteroatoms. The van der Waals surface area contributed by atoms with Crippen molar-refractivity contribution >= 4 is 23.2 Å². The number of benzene rings is 1. The lowest BCUT2D eigenvalue weighted by Crippen LogP contribution is -2.21. The lowest BCUT2D eigenvalue weighted by atomic mass is 10.2. The molecule has 0 aliphatic heterocycles. The van der Waals surface area contributed by atoms with Crippen molar-refractivity contribution in [2.24, 2.45) is 0 Å². The van der Waals surface area contributed by atoms with Gasteiger partial charge < -0.3 is 14.7 Å². The van der Waals surface area contributed by atoms with Crippen molar-refractivity contribution in [2.45, 2.75) is 0 Å². The molecule has 0 spiro atoms. The zero-order chi connectivity index (χ0) is 16.4. The van der Waals surface area contributed by atoms with Crippen LogP contribution in [0.15, 0.2) is 51.9 Å². The molecule has 2 N–H and O–H groups in total. The number of hydrogen-bond donors (Lipinski definition) is 2. The molecule has 0 atom stereocenters. The second kappa shape index (κ2) is 6.05. The summed E-state index contributed by atoms with van der Waals surface area (Å²) in [6, 6.07) is 8.38. The van der Waals surface area contributed by atoms with Crippen LogP contribution in [-0.4, -0.2) is 15.9 Å². The molecule has 23 heavy (non-hydrogen) atoms. The molecule has 0 aliphatic carbocycles. The maximum Gasteiger partial charge on any atom is 0.346 e. The summed E-state index contributed by atoms with van der Waals surface area (Å²) in [7, 11) is 0. The van der Waals surface area contributed by atoms with E-state index in [-0.39, 0.29) is 16.4 Å². The third kappa shape index (κ3) is 3.29. The largest absolute Gasteiger partial charge is 0.463 e. The molecule has 2 aromatic heterocycles. The van der Waals surface area contributed by atoms with Crippen LogP contribution in [0.1, 0.15) is 10.5 Å². The number of H-pyrrole nitrogens is 1. The van der Waals surface area contributed by atoms with Crippen molar-refractivity contribution in [3.63, 3.8) is 0 Å². The standard InChI is InChI=1S/C15H9ClFN3O3/c16-9-6-8(3-4-10(9)17)18-14(21)12-7-11(19-15(22)20-12)13-2-1-5-23-13/h1-7H,(H,18,21)(H,19,20,22). The van der Waals surface area contributed by atoms with Crippen molar-refractivity contribution in [1.29, 1.82) is 0 Å². The van der Waals surface area contributed by atoms with Crippen LogP contribution in [0.4, 0.5) is 10.1 Å². The number of anilines is 1. The predicted molar refractivity (Wildman–Crippen MR) is 81.9 cm³/mol. The molecule has 0 aliphatic rings. The average Bonchev–Trinajstić information content (AvgIpc) is 3.05. The Bertz CT molecular complexity index is 922. The topological polar surface area (TPSA) is 88.0 Å². The van der Waals surface area contributed by atoms with Crippen molar-refractivity contribution in [3.8, 4) is 11.5 Å². The van der Waals surface area contributed by atoms with Gasteiger partial charge in [-0.25, -0.2) is 9.18 Å². The number of furan rings is 1. The molecule has 6 nitrogen and oxygen atoms in total. The van der Waals surface area contributed by atoms with Gasteiger partial charge in [0.1, 0.15) is 17.3 Å². The molecule has 0 unspecified atom stereocenters.